The number of carboxylic acids is 1. The van der Waals surface area contributed by atoms with Crippen molar-refractivity contribution >= 4 is 34.0 Å². The Kier molecular flexibility index (Phi) is 8.15. The van der Waals surface area contributed by atoms with Gasteiger partial charge >= 0.3 is 5.97 Å². The van der Waals surface area contributed by atoms with Crippen molar-refractivity contribution in [2.75, 3.05) is 42.5 Å². The first-order chi connectivity index (χ1) is 16.8. The van der Waals surface area contributed by atoms with E-state index in [4.69, 9.17) is 15.9 Å². The maximum Gasteiger partial charge on any atom is 0.338 e. The highest BCUT2D eigenvalue weighted by molar-refractivity contribution is 6.11. The van der Waals surface area contributed by atoms with E-state index >= 15 is 0 Å². The maximum atomic E-state index is 12.3. The third-order valence-corrected chi connectivity index (χ3v) is 6.71. The van der Waals surface area contributed by atoms with Crippen LogP contribution in [0.3, 0.4) is 0 Å². The Morgan fingerprint density at radius 3 is 2.22 bits per heavy atom. The highest BCUT2D eigenvalue weighted by Crippen LogP contribution is 2.43. The highest BCUT2D eigenvalue weighted by atomic mass is 35.5. The van der Waals surface area contributed by atoms with Crippen LogP contribution >= 0.6 is 0 Å². The molecule has 36 heavy (non-hydrogen) atoms. The second-order valence-electron chi connectivity index (χ2n) is 8.48. The zero-order chi connectivity index (χ0) is 25.3. The van der Waals surface area contributed by atoms with E-state index in [9.17, 15) is 9.90 Å². The van der Waals surface area contributed by atoms with Crippen LogP contribution in [0.15, 0.2) is 52.9 Å². The molecular weight excluding hydrogens is 476 g/mol. The summed E-state index contributed by atoms with van der Waals surface area (Å²) in [6, 6.07) is 15.5. The first-order valence-electron chi connectivity index (χ1n) is 12.1. The lowest BCUT2D eigenvalue weighted by Crippen LogP contribution is -3.00. The van der Waals surface area contributed by atoms with Gasteiger partial charge in [0, 0.05) is 47.4 Å². The topological polar surface area (TPSA) is 109 Å². The van der Waals surface area contributed by atoms with Crippen molar-refractivity contribution in [3.63, 3.8) is 0 Å². The normalized spacial score (nSPS) is 10.9. The Balaban J connectivity index is 0.00000361. The van der Waals surface area contributed by atoms with Gasteiger partial charge in [-0.15, -0.1) is 0 Å². The maximum absolute atomic E-state index is 12.3. The molecule has 0 fully saturated rings. The van der Waals surface area contributed by atoms with Gasteiger partial charge in [0.15, 0.2) is 0 Å². The fourth-order valence-electron chi connectivity index (χ4n) is 4.80. The van der Waals surface area contributed by atoms with Crippen LogP contribution in [0, 0.1) is 0 Å². The number of fused-ring (bicyclic) bond motifs is 2. The average Bonchev–Trinajstić information content (AvgIpc) is 2.85. The molecule has 0 atom stereocenters. The molecule has 1 heterocycles. The van der Waals surface area contributed by atoms with Crippen molar-refractivity contribution in [3.05, 3.63) is 59.5 Å². The molecular formula is C28H33ClN4O3. The molecule has 7 nitrogen and oxygen atoms in total. The summed E-state index contributed by atoms with van der Waals surface area (Å²) >= 11 is 0. The van der Waals surface area contributed by atoms with E-state index in [0.29, 0.717) is 16.9 Å². The van der Waals surface area contributed by atoms with E-state index in [2.05, 4.69) is 37.2 Å². The van der Waals surface area contributed by atoms with Gasteiger partial charge < -0.3 is 38.3 Å². The monoisotopic (exact) mass is 508 g/mol. The first-order valence-corrected chi connectivity index (χ1v) is 12.1. The van der Waals surface area contributed by atoms with Crippen molar-refractivity contribution in [1.29, 1.82) is 0 Å². The van der Waals surface area contributed by atoms with Gasteiger partial charge in [-0.25, -0.2) is 9.37 Å². The standard InChI is InChI=1S/C28H32N4O3.ClH/c1-5-31(6-2)17-9-11-19-23(15-17)35-24-16-18(32(7-3)8-4)10-12-20(24)25(19)21-13-14-22(29)27(30)26(21)28(33)34;/h9-16,29H,5-8,30H2,1-4H3,(H,33,34);1H. The number of anilines is 3. The van der Waals surface area contributed by atoms with E-state index in [0.717, 1.165) is 53.7 Å². The molecule has 190 valence electrons. The molecule has 2 aliphatic rings. The van der Waals surface area contributed by atoms with Gasteiger partial charge in [-0.3, -0.25) is 0 Å². The van der Waals surface area contributed by atoms with Crippen LogP contribution in [-0.4, -0.2) is 37.3 Å². The van der Waals surface area contributed by atoms with Gasteiger partial charge in [0.1, 0.15) is 24.4 Å². The molecule has 0 unspecified atom stereocenters. The molecule has 0 saturated heterocycles. The number of nitrogen functional groups attached to an aromatic ring is 2. The SMILES string of the molecule is CCN(CC)c1ccc2c(-c3ccc(N)c(N)c3C(=O)O)c3ccc(=[N+](CC)CC)cc-3oc2c1.[Cl-]. The lowest BCUT2D eigenvalue weighted by atomic mass is 9.89. The molecule has 4 rings (SSSR count). The molecule has 2 aromatic carbocycles. The second-order valence-corrected chi connectivity index (χ2v) is 8.48. The van der Waals surface area contributed by atoms with E-state index in [1.165, 1.54) is 0 Å². The molecule has 0 aromatic heterocycles. The third-order valence-electron chi connectivity index (χ3n) is 6.71. The number of aromatic carboxylic acids is 1. The number of nitrogens with zero attached hydrogens (tertiary/aromatic N) is 2. The van der Waals surface area contributed by atoms with Gasteiger partial charge in [0.05, 0.1) is 23.0 Å². The smallest absolute Gasteiger partial charge is 0.338 e. The Labute approximate surface area is 217 Å². The van der Waals surface area contributed by atoms with Gasteiger partial charge in [-0.05, 0) is 57.5 Å². The molecule has 1 aliphatic carbocycles. The summed E-state index contributed by atoms with van der Waals surface area (Å²) in [4.78, 5) is 14.6. The summed E-state index contributed by atoms with van der Waals surface area (Å²) in [5.41, 5.74) is 16.3. The molecule has 8 heteroatoms. The number of hydrogen-bond donors (Lipinski definition) is 3. The average molecular weight is 509 g/mol. The Morgan fingerprint density at radius 2 is 1.61 bits per heavy atom. The van der Waals surface area contributed by atoms with Gasteiger partial charge in [-0.1, -0.05) is 6.07 Å². The number of carboxylic acid groups (broad SMARTS) is 1. The molecule has 5 N–H and O–H groups in total. The summed E-state index contributed by atoms with van der Waals surface area (Å²) < 4.78 is 8.71. The Hall–Kier alpha value is -3.71. The van der Waals surface area contributed by atoms with E-state index in [-0.39, 0.29) is 29.3 Å². The largest absolute Gasteiger partial charge is 1.00 e. The van der Waals surface area contributed by atoms with E-state index < -0.39 is 5.97 Å². The minimum atomic E-state index is -1.12. The van der Waals surface area contributed by atoms with Gasteiger partial charge in [0.25, 0.3) is 0 Å². The number of carbonyl (C=O) groups is 1. The van der Waals surface area contributed by atoms with Crippen molar-refractivity contribution in [1.82, 2.24) is 4.58 Å². The Bertz CT molecular complexity index is 1450. The molecule has 0 bridgehead atoms. The zero-order valence-corrected chi connectivity index (χ0v) is 21.9. The predicted molar refractivity (Wildman–Crippen MR) is 144 cm³/mol. The number of nitrogens with two attached hydrogens (primary N) is 2. The fraction of sp³-hybridized carbons (Fsp3) is 0.286. The van der Waals surface area contributed by atoms with Crippen LogP contribution < -0.4 is 38.7 Å². The van der Waals surface area contributed by atoms with Gasteiger partial charge in [-0.2, -0.15) is 0 Å². The summed E-state index contributed by atoms with van der Waals surface area (Å²) in [5.74, 6) is -0.438. The lowest BCUT2D eigenvalue weighted by molar-refractivity contribution is -0.0000233. The summed E-state index contributed by atoms with van der Waals surface area (Å²) in [5, 5.41) is 11.9. The zero-order valence-electron chi connectivity index (χ0n) is 21.1. The van der Waals surface area contributed by atoms with Crippen LogP contribution in [0.4, 0.5) is 17.1 Å². The molecule has 0 spiro atoms. The number of halogens is 1. The molecule has 0 amide bonds. The lowest BCUT2D eigenvalue weighted by Gasteiger charge is -2.23. The van der Waals surface area contributed by atoms with Crippen LogP contribution in [0.1, 0.15) is 38.1 Å². The number of rotatable bonds is 7. The van der Waals surface area contributed by atoms with E-state index in [1.54, 1.807) is 12.1 Å². The first kappa shape index (κ1) is 26.9. The van der Waals surface area contributed by atoms with Crippen molar-refractivity contribution < 1.29 is 26.7 Å². The predicted octanol–water partition coefficient (Wildman–Crippen LogP) is 1.73. The quantitative estimate of drug-likeness (QED) is 0.199. The van der Waals surface area contributed by atoms with Crippen molar-refractivity contribution in [2.24, 2.45) is 0 Å². The Morgan fingerprint density at radius 1 is 0.944 bits per heavy atom. The minimum Gasteiger partial charge on any atom is -1.00 e. The third kappa shape index (κ3) is 4.58. The summed E-state index contributed by atoms with van der Waals surface area (Å²) in [6.07, 6.45) is 0. The van der Waals surface area contributed by atoms with E-state index in [1.807, 2.05) is 36.4 Å². The van der Waals surface area contributed by atoms with Crippen LogP contribution in [0.5, 0.6) is 0 Å². The fourth-order valence-corrected chi connectivity index (χ4v) is 4.80. The molecule has 0 saturated carbocycles. The molecule has 1 aliphatic heterocycles. The molecule has 0 radical (unpaired) electrons. The highest BCUT2D eigenvalue weighted by Gasteiger charge is 2.25. The summed E-state index contributed by atoms with van der Waals surface area (Å²) in [7, 11) is 0. The number of benzene rings is 3. The van der Waals surface area contributed by atoms with Crippen LogP contribution in [0.2, 0.25) is 0 Å². The van der Waals surface area contributed by atoms with Crippen molar-refractivity contribution in [2.45, 2.75) is 27.7 Å². The minimum absolute atomic E-state index is 0. The molecule has 2 aromatic rings. The van der Waals surface area contributed by atoms with Gasteiger partial charge in [0.2, 0.25) is 5.36 Å². The second kappa shape index (κ2) is 10.9. The van der Waals surface area contributed by atoms with Crippen LogP contribution in [-0.2, 0) is 0 Å². The van der Waals surface area contributed by atoms with Crippen LogP contribution in [0.25, 0.3) is 33.4 Å². The van der Waals surface area contributed by atoms with Crippen molar-refractivity contribution in [3.8, 4) is 22.5 Å². The number of hydrogen-bond acceptors (Lipinski definition) is 5. The summed E-state index contributed by atoms with van der Waals surface area (Å²) in [6.45, 7) is 11.9.